The van der Waals surface area contributed by atoms with E-state index >= 15 is 0 Å². The van der Waals surface area contributed by atoms with E-state index < -0.39 is 47.9 Å². The van der Waals surface area contributed by atoms with E-state index in [0.29, 0.717) is 36.6 Å². The number of thioether (sulfide) groups is 2. The molecule has 0 fully saturated rings. The number of aromatic amines is 1. The molecule has 36 heavy (non-hydrogen) atoms. The molecular weight excluding hydrogens is 506 g/mol. The molecule has 0 aliphatic carbocycles. The molecule has 0 aliphatic rings. The van der Waals surface area contributed by atoms with Gasteiger partial charge in [0.1, 0.15) is 18.1 Å². The number of aromatic nitrogens is 2. The van der Waals surface area contributed by atoms with Gasteiger partial charge in [0.15, 0.2) is 0 Å². The molecule has 1 aromatic rings. The van der Waals surface area contributed by atoms with Crippen molar-refractivity contribution in [2.45, 2.75) is 62.7 Å². The van der Waals surface area contributed by atoms with Gasteiger partial charge in [-0.25, -0.2) is 9.78 Å². The van der Waals surface area contributed by atoms with Crippen LogP contribution >= 0.6 is 23.5 Å². The maximum atomic E-state index is 13.2. The summed E-state index contributed by atoms with van der Waals surface area (Å²) in [7, 11) is 0. The Hall–Kier alpha value is -2.29. The van der Waals surface area contributed by atoms with Gasteiger partial charge in [0, 0.05) is 18.3 Å². The Kier molecular flexibility index (Phi) is 15.9. The zero-order valence-corrected chi connectivity index (χ0v) is 22.5. The zero-order valence-electron chi connectivity index (χ0n) is 20.8. The first-order chi connectivity index (χ1) is 17.2. The van der Waals surface area contributed by atoms with E-state index in [4.69, 9.17) is 11.5 Å². The molecule has 12 nitrogen and oxygen atoms in total. The molecule has 1 heterocycles. The molecule has 1 aromatic heterocycles. The van der Waals surface area contributed by atoms with Crippen molar-refractivity contribution in [1.29, 1.82) is 0 Å². The van der Waals surface area contributed by atoms with E-state index in [2.05, 4.69) is 25.9 Å². The SMILES string of the molecule is CSCCC(NC(=O)C(CCSC)NC(=O)C(Cc1cnc[nH]1)NC(=O)C(N)CCCCN)C(=O)O. The van der Waals surface area contributed by atoms with Crippen LogP contribution in [-0.2, 0) is 25.6 Å². The predicted molar refractivity (Wildman–Crippen MR) is 143 cm³/mol. The summed E-state index contributed by atoms with van der Waals surface area (Å²) in [5.41, 5.74) is 12.1. The van der Waals surface area contributed by atoms with Gasteiger partial charge in [0.2, 0.25) is 17.7 Å². The van der Waals surface area contributed by atoms with Crippen molar-refractivity contribution in [2.75, 3.05) is 30.6 Å². The van der Waals surface area contributed by atoms with Gasteiger partial charge < -0.3 is 37.5 Å². The van der Waals surface area contributed by atoms with Crippen molar-refractivity contribution in [2.24, 2.45) is 11.5 Å². The molecule has 14 heteroatoms. The molecule has 1 rings (SSSR count). The number of carbonyl (C=O) groups excluding carboxylic acids is 3. The monoisotopic (exact) mass is 545 g/mol. The lowest BCUT2D eigenvalue weighted by molar-refractivity contribution is -0.142. The largest absolute Gasteiger partial charge is 0.480 e. The molecule has 3 amide bonds. The lowest BCUT2D eigenvalue weighted by Crippen LogP contribution is -2.57. The first-order valence-electron chi connectivity index (χ1n) is 11.8. The first kappa shape index (κ1) is 31.7. The average molecular weight is 546 g/mol. The zero-order chi connectivity index (χ0) is 26.9. The third kappa shape index (κ3) is 12.1. The summed E-state index contributed by atoms with van der Waals surface area (Å²) in [5.74, 6) is -1.67. The van der Waals surface area contributed by atoms with Crippen molar-refractivity contribution in [3.63, 3.8) is 0 Å². The second kappa shape index (κ2) is 18.0. The van der Waals surface area contributed by atoms with E-state index in [-0.39, 0.29) is 19.3 Å². The van der Waals surface area contributed by atoms with E-state index in [1.807, 2.05) is 12.5 Å². The number of nitrogens with one attached hydrogen (secondary N) is 4. The molecule has 0 bridgehead atoms. The van der Waals surface area contributed by atoms with Crippen LogP contribution in [0.15, 0.2) is 12.5 Å². The Balaban J connectivity index is 2.96. The molecule has 0 spiro atoms. The molecule has 4 atom stereocenters. The summed E-state index contributed by atoms with van der Waals surface area (Å²) >= 11 is 2.96. The van der Waals surface area contributed by atoms with Gasteiger partial charge in [-0.15, -0.1) is 0 Å². The number of carboxylic acid groups (broad SMARTS) is 1. The van der Waals surface area contributed by atoms with Gasteiger partial charge in [-0.05, 0) is 56.2 Å². The highest BCUT2D eigenvalue weighted by atomic mass is 32.2. The Morgan fingerprint density at radius 3 is 2.08 bits per heavy atom. The standard InChI is InChI=1S/C22H39N7O5S2/c1-35-9-6-16(20(31)28-17(22(33)34)7-10-36-2)27-21(32)18(11-14-12-25-13-26-14)29-19(30)15(24)5-3-4-8-23/h12-13,15-18H,3-11,23-24H2,1-2H3,(H,25,26)(H,27,32)(H,28,31)(H,29,30)(H,33,34). The van der Waals surface area contributed by atoms with Gasteiger partial charge in [0.05, 0.1) is 12.4 Å². The Labute approximate surface area is 220 Å². The van der Waals surface area contributed by atoms with Crippen LogP contribution in [0.25, 0.3) is 0 Å². The fourth-order valence-corrected chi connectivity index (χ4v) is 4.23. The minimum atomic E-state index is -1.14. The third-order valence-electron chi connectivity index (χ3n) is 5.39. The predicted octanol–water partition coefficient (Wildman–Crippen LogP) is -0.546. The lowest BCUT2D eigenvalue weighted by atomic mass is 10.1. The van der Waals surface area contributed by atoms with Gasteiger partial charge in [0.25, 0.3) is 0 Å². The van der Waals surface area contributed by atoms with Crippen molar-refractivity contribution in [1.82, 2.24) is 25.9 Å². The van der Waals surface area contributed by atoms with Crippen LogP contribution in [-0.4, -0.2) is 93.5 Å². The van der Waals surface area contributed by atoms with Crippen molar-refractivity contribution in [3.8, 4) is 0 Å². The highest BCUT2D eigenvalue weighted by Gasteiger charge is 2.30. The summed E-state index contributed by atoms with van der Waals surface area (Å²) in [6, 6.07) is -3.86. The van der Waals surface area contributed by atoms with Gasteiger partial charge in [-0.3, -0.25) is 14.4 Å². The van der Waals surface area contributed by atoms with Crippen LogP contribution in [0.3, 0.4) is 0 Å². The van der Waals surface area contributed by atoms with Crippen LogP contribution in [0.5, 0.6) is 0 Å². The topological polar surface area (TPSA) is 205 Å². The van der Waals surface area contributed by atoms with Crippen LogP contribution < -0.4 is 27.4 Å². The molecular formula is C22H39N7O5S2. The number of unbranched alkanes of at least 4 members (excludes halogenated alkanes) is 1. The number of aliphatic carboxylic acids is 1. The second-order valence-electron chi connectivity index (χ2n) is 8.26. The number of nitrogens with zero attached hydrogens (tertiary/aromatic N) is 1. The third-order valence-corrected chi connectivity index (χ3v) is 6.67. The summed E-state index contributed by atoms with van der Waals surface area (Å²) in [6.07, 6.45) is 9.20. The van der Waals surface area contributed by atoms with Gasteiger partial charge in [-0.1, -0.05) is 6.42 Å². The normalized spacial score (nSPS) is 14.3. The molecule has 0 saturated heterocycles. The van der Waals surface area contributed by atoms with Gasteiger partial charge >= 0.3 is 5.97 Å². The van der Waals surface area contributed by atoms with E-state index in [1.54, 1.807) is 0 Å². The van der Waals surface area contributed by atoms with E-state index in [0.717, 1.165) is 6.42 Å². The van der Waals surface area contributed by atoms with Crippen LogP contribution in [0.4, 0.5) is 0 Å². The number of amides is 3. The number of carboxylic acids is 1. The molecule has 0 aliphatic heterocycles. The number of hydrogen-bond acceptors (Lipinski definition) is 9. The Morgan fingerprint density at radius 2 is 1.53 bits per heavy atom. The Bertz CT molecular complexity index is 813. The molecule has 9 N–H and O–H groups in total. The summed E-state index contributed by atoms with van der Waals surface area (Å²) in [5, 5.41) is 17.4. The molecule has 4 unspecified atom stereocenters. The quantitative estimate of drug-likeness (QED) is 0.110. The number of rotatable bonds is 19. The smallest absolute Gasteiger partial charge is 0.326 e. The minimum Gasteiger partial charge on any atom is -0.480 e. The summed E-state index contributed by atoms with van der Waals surface area (Å²) < 4.78 is 0. The number of imidazole rings is 1. The van der Waals surface area contributed by atoms with Crippen LogP contribution in [0.1, 0.15) is 37.8 Å². The van der Waals surface area contributed by atoms with Crippen molar-refractivity contribution in [3.05, 3.63) is 18.2 Å². The van der Waals surface area contributed by atoms with Crippen LogP contribution in [0, 0.1) is 0 Å². The van der Waals surface area contributed by atoms with Crippen molar-refractivity contribution < 1.29 is 24.3 Å². The van der Waals surface area contributed by atoms with Crippen LogP contribution in [0.2, 0.25) is 0 Å². The highest BCUT2D eigenvalue weighted by Crippen LogP contribution is 2.07. The first-order valence-corrected chi connectivity index (χ1v) is 14.6. The number of H-pyrrole nitrogens is 1. The summed E-state index contributed by atoms with van der Waals surface area (Å²) in [6.45, 7) is 0.499. The van der Waals surface area contributed by atoms with Gasteiger partial charge in [-0.2, -0.15) is 23.5 Å². The summed E-state index contributed by atoms with van der Waals surface area (Å²) in [4.78, 5) is 57.3. The molecule has 204 valence electrons. The average Bonchev–Trinajstić information content (AvgIpc) is 3.36. The van der Waals surface area contributed by atoms with E-state index in [9.17, 15) is 24.3 Å². The number of hydrogen-bond donors (Lipinski definition) is 7. The fraction of sp³-hybridized carbons (Fsp3) is 0.682. The maximum Gasteiger partial charge on any atom is 0.326 e. The maximum absolute atomic E-state index is 13.2. The van der Waals surface area contributed by atoms with E-state index in [1.165, 1.54) is 36.0 Å². The highest BCUT2D eigenvalue weighted by molar-refractivity contribution is 7.98. The number of carbonyl (C=O) groups is 4. The van der Waals surface area contributed by atoms with Crippen molar-refractivity contribution >= 4 is 47.2 Å². The molecule has 0 saturated carbocycles. The molecule has 0 radical (unpaired) electrons. The minimum absolute atomic E-state index is 0.107. The second-order valence-corrected chi connectivity index (χ2v) is 10.2. The molecule has 0 aromatic carbocycles. The number of nitrogens with two attached hydrogens (primary N) is 2. The lowest BCUT2D eigenvalue weighted by Gasteiger charge is -2.25. The fourth-order valence-electron chi connectivity index (χ4n) is 3.29. The Morgan fingerprint density at radius 1 is 0.944 bits per heavy atom.